The van der Waals surface area contributed by atoms with E-state index in [1.54, 1.807) is 13.0 Å². The number of amides is 3. The van der Waals surface area contributed by atoms with E-state index in [2.05, 4.69) is 0 Å². The van der Waals surface area contributed by atoms with Crippen molar-refractivity contribution in [3.63, 3.8) is 0 Å². The van der Waals surface area contributed by atoms with Gasteiger partial charge in [-0.25, -0.2) is 4.90 Å². The number of hydrogen-bond acceptors (Lipinski definition) is 6. The quantitative estimate of drug-likeness (QED) is 0.252. The third kappa shape index (κ3) is 4.33. The van der Waals surface area contributed by atoms with E-state index in [1.807, 2.05) is 0 Å². The van der Waals surface area contributed by atoms with Crippen LogP contribution in [0.1, 0.15) is 42.2 Å². The lowest BCUT2D eigenvalue weighted by atomic mass is 10.1. The zero-order valence-electron chi connectivity index (χ0n) is 17.6. The fraction of sp³-hybridized carbons (Fsp3) is 0.0870. The first kappa shape index (κ1) is 23.9. The van der Waals surface area contributed by atoms with Crippen LogP contribution in [-0.2, 0) is 6.18 Å². The number of benzene rings is 3. The third-order valence-electron chi connectivity index (χ3n) is 5.13. The summed E-state index contributed by atoms with van der Waals surface area (Å²) in [5, 5.41) is 11.1. The molecule has 4 rings (SSSR count). The van der Waals surface area contributed by atoms with Gasteiger partial charge in [-0.15, -0.1) is 0 Å². The van der Waals surface area contributed by atoms with Crippen LogP contribution in [0.15, 0.2) is 54.6 Å². The molecule has 0 fully saturated rings. The molecule has 0 spiro atoms. The number of imide groups is 3. The fourth-order valence-corrected chi connectivity index (χ4v) is 3.67. The Morgan fingerprint density at radius 3 is 2.31 bits per heavy atom. The van der Waals surface area contributed by atoms with Gasteiger partial charge in [0.1, 0.15) is 17.1 Å². The number of nitrogens with zero attached hydrogens (tertiary/aromatic N) is 2. The summed E-state index contributed by atoms with van der Waals surface area (Å²) in [5.74, 6) is -3.56. The second kappa shape index (κ2) is 8.51. The average molecular weight is 505 g/mol. The smallest absolute Gasteiger partial charge is 0.416 e. The Morgan fingerprint density at radius 1 is 1.00 bits per heavy atom. The molecule has 0 atom stereocenters. The second-order valence-corrected chi connectivity index (χ2v) is 7.89. The normalized spacial score (nSPS) is 13.1. The summed E-state index contributed by atoms with van der Waals surface area (Å²) >= 11 is 5.88. The minimum absolute atomic E-state index is 0.0186. The number of nitro groups is 1. The molecule has 1 aliphatic heterocycles. The maximum Gasteiger partial charge on any atom is 0.416 e. The molecule has 1 aliphatic rings. The molecule has 0 saturated heterocycles. The number of nitro benzene ring substituents is 1. The van der Waals surface area contributed by atoms with Gasteiger partial charge in [0, 0.05) is 12.1 Å². The van der Waals surface area contributed by atoms with Crippen molar-refractivity contribution in [1.82, 2.24) is 4.90 Å². The molecule has 0 saturated carbocycles. The van der Waals surface area contributed by atoms with Gasteiger partial charge in [-0.05, 0) is 43.3 Å². The van der Waals surface area contributed by atoms with Crippen LogP contribution < -0.4 is 4.74 Å². The molecule has 178 valence electrons. The summed E-state index contributed by atoms with van der Waals surface area (Å²) in [7, 11) is 0. The minimum Gasteiger partial charge on any atom is -0.456 e. The molecular formula is C23H12ClF3N2O6. The molecule has 0 aliphatic carbocycles. The highest BCUT2D eigenvalue weighted by Gasteiger charge is 2.42. The Bertz CT molecular complexity index is 1440. The van der Waals surface area contributed by atoms with Gasteiger partial charge < -0.3 is 4.74 Å². The van der Waals surface area contributed by atoms with E-state index in [9.17, 15) is 37.7 Å². The van der Waals surface area contributed by atoms with Gasteiger partial charge in [-0.3, -0.25) is 24.5 Å². The Kier molecular flexibility index (Phi) is 5.81. The zero-order chi connectivity index (χ0) is 25.7. The van der Waals surface area contributed by atoms with Crippen LogP contribution in [0.3, 0.4) is 0 Å². The number of rotatable bonds is 4. The van der Waals surface area contributed by atoms with Crippen LogP contribution in [-0.4, -0.2) is 27.5 Å². The van der Waals surface area contributed by atoms with Crippen molar-refractivity contribution in [3.05, 3.63) is 97.6 Å². The molecule has 0 bridgehead atoms. The Balaban J connectivity index is 1.71. The Morgan fingerprint density at radius 2 is 1.69 bits per heavy atom. The number of aryl methyl sites for hydroxylation is 1. The second-order valence-electron chi connectivity index (χ2n) is 7.48. The number of carbonyl (C=O) groups is 3. The first-order chi connectivity index (χ1) is 16.4. The van der Waals surface area contributed by atoms with E-state index in [0.29, 0.717) is 16.5 Å². The summed E-state index contributed by atoms with van der Waals surface area (Å²) in [6, 6.07) is 9.57. The Hall–Kier alpha value is -4.25. The van der Waals surface area contributed by atoms with Gasteiger partial charge in [0.05, 0.1) is 26.6 Å². The van der Waals surface area contributed by atoms with E-state index in [0.717, 1.165) is 30.3 Å². The molecule has 1 heterocycles. The summed E-state index contributed by atoms with van der Waals surface area (Å²) in [6.07, 6.45) is -4.64. The molecule has 8 nitrogen and oxygen atoms in total. The predicted octanol–water partition coefficient (Wildman–Crippen LogP) is 5.80. The molecule has 12 heteroatoms. The van der Waals surface area contributed by atoms with E-state index in [1.165, 1.54) is 12.1 Å². The van der Waals surface area contributed by atoms with Crippen molar-refractivity contribution in [2.75, 3.05) is 0 Å². The number of fused-ring (bicyclic) bond motifs is 1. The summed E-state index contributed by atoms with van der Waals surface area (Å²) < 4.78 is 44.0. The first-order valence-corrected chi connectivity index (χ1v) is 10.1. The van der Waals surface area contributed by atoms with Gasteiger partial charge in [0.25, 0.3) is 23.4 Å². The van der Waals surface area contributed by atoms with Crippen molar-refractivity contribution < 1.29 is 37.2 Å². The van der Waals surface area contributed by atoms with Crippen molar-refractivity contribution in [2.45, 2.75) is 13.1 Å². The highest BCUT2D eigenvalue weighted by Crippen LogP contribution is 2.37. The first-order valence-electron chi connectivity index (χ1n) is 9.75. The zero-order valence-corrected chi connectivity index (χ0v) is 18.3. The van der Waals surface area contributed by atoms with Gasteiger partial charge in [-0.2, -0.15) is 13.2 Å². The van der Waals surface area contributed by atoms with E-state index < -0.39 is 50.7 Å². The highest BCUT2D eigenvalue weighted by molar-refractivity contribution is 6.32. The minimum atomic E-state index is -4.64. The SMILES string of the molecule is Cc1ccc2c(c1)C(=O)N(C(=O)c1cc(Oc3ccc(C(F)(F)F)cc3Cl)ccc1[N+](=O)[O-])C2=O. The Labute approximate surface area is 199 Å². The van der Waals surface area contributed by atoms with Crippen LogP contribution in [0.25, 0.3) is 0 Å². The predicted molar refractivity (Wildman–Crippen MR) is 116 cm³/mol. The lowest BCUT2D eigenvalue weighted by Crippen LogP contribution is -2.36. The van der Waals surface area contributed by atoms with Crippen molar-refractivity contribution in [3.8, 4) is 11.5 Å². The standard InChI is InChI=1S/C23H12ClF3N2O6/c1-11-2-5-14-15(8-11)21(31)28(20(14)30)22(32)16-10-13(4-6-18(16)29(33)34)35-19-7-3-12(9-17(19)24)23(25,26)27/h2-10H,1H3. The summed E-state index contributed by atoms with van der Waals surface area (Å²) in [4.78, 5) is 49.6. The number of halogens is 4. The number of ether oxygens (including phenoxy) is 1. The molecular weight excluding hydrogens is 493 g/mol. The molecule has 3 aromatic rings. The van der Waals surface area contributed by atoms with Crippen molar-refractivity contribution in [1.29, 1.82) is 0 Å². The third-order valence-corrected chi connectivity index (χ3v) is 5.42. The maximum atomic E-state index is 13.1. The monoisotopic (exact) mass is 504 g/mol. The van der Waals surface area contributed by atoms with Gasteiger partial charge >= 0.3 is 6.18 Å². The van der Waals surface area contributed by atoms with E-state index >= 15 is 0 Å². The number of alkyl halides is 3. The van der Waals surface area contributed by atoms with Crippen molar-refractivity contribution in [2.24, 2.45) is 0 Å². The summed E-state index contributed by atoms with van der Waals surface area (Å²) in [6.45, 7) is 1.68. The van der Waals surface area contributed by atoms with Gasteiger partial charge in [0.15, 0.2) is 0 Å². The lowest BCUT2D eigenvalue weighted by Gasteiger charge is -2.14. The molecule has 0 unspecified atom stereocenters. The number of carbonyl (C=O) groups excluding carboxylic acids is 3. The van der Waals surface area contributed by atoms with E-state index in [4.69, 9.17) is 16.3 Å². The van der Waals surface area contributed by atoms with Crippen molar-refractivity contribution >= 4 is 35.0 Å². The van der Waals surface area contributed by atoms with Crippen LogP contribution in [0.2, 0.25) is 5.02 Å². The lowest BCUT2D eigenvalue weighted by molar-refractivity contribution is -0.385. The van der Waals surface area contributed by atoms with Gasteiger partial charge in [0.2, 0.25) is 0 Å². The molecule has 3 aromatic carbocycles. The molecule has 0 radical (unpaired) electrons. The molecule has 0 N–H and O–H groups in total. The van der Waals surface area contributed by atoms with Gasteiger partial charge in [-0.1, -0.05) is 23.2 Å². The van der Waals surface area contributed by atoms with Crippen LogP contribution in [0.4, 0.5) is 18.9 Å². The largest absolute Gasteiger partial charge is 0.456 e. The fourth-order valence-electron chi connectivity index (χ4n) is 3.46. The van der Waals surface area contributed by atoms with E-state index in [-0.39, 0.29) is 22.6 Å². The topological polar surface area (TPSA) is 107 Å². The van der Waals surface area contributed by atoms with Crippen LogP contribution >= 0.6 is 11.6 Å². The number of hydrogen-bond donors (Lipinski definition) is 0. The molecule has 3 amide bonds. The molecule has 0 aromatic heterocycles. The molecule has 35 heavy (non-hydrogen) atoms. The maximum absolute atomic E-state index is 13.1. The highest BCUT2D eigenvalue weighted by atomic mass is 35.5. The van der Waals surface area contributed by atoms with Crippen LogP contribution in [0.5, 0.6) is 11.5 Å². The average Bonchev–Trinajstić information content (AvgIpc) is 3.03. The van der Waals surface area contributed by atoms with Crippen LogP contribution in [0, 0.1) is 17.0 Å². The summed E-state index contributed by atoms with van der Waals surface area (Å²) in [5.41, 5.74) is -1.75.